The number of sulfone groups is 1. The first-order chi connectivity index (χ1) is 10.7. The molecule has 0 spiro atoms. The van der Waals surface area contributed by atoms with Gasteiger partial charge >= 0.3 is 6.18 Å². The fourth-order valence-corrected chi connectivity index (χ4v) is 3.24. The van der Waals surface area contributed by atoms with Gasteiger partial charge < -0.3 is 4.74 Å². The lowest BCUT2D eigenvalue weighted by Gasteiger charge is -2.11. The molecule has 0 unspecified atom stereocenters. The van der Waals surface area contributed by atoms with Gasteiger partial charge in [0, 0.05) is 6.07 Å². The molecule has 2 aromatic rings. The molecule has 0 saturated heterocycles. The summed E-state index contributed by atoms with van der Waals surface area (Å²) in [7, 11) is -4.04. The molecule has 120 valence electrons. The predicted molar refractivity (Wildman–Crippen MR) is 74.6 cm³/mol. The molecule has 0 N–H and O–H groups in total. The van der Waals surface area contributed by atoms with Gasteiger partial charge in [-0.1, -0.05) is 18.2 Å². The lowest BCUT2D eigenvalue weighted by Crippen LogP contribution is -2.19. The summed E-state index contributed by atoms with van der Waals surface area (Å²) in [4.78, 5) is -0.463. The minimum atomic E-state index is -4.55. The van der Waals surface area contributed by atoms with Gasteiger partial charge in [0.2, 0.25) is 9.84 Å². The summed E-state index contributed by atoms with van der Waals surface area (Å²) in [6.07, 6.45) is -4.55. The first-order valence-electron chi connectivity index (χ1n) is 6.28. The molecule has 2 aromatic carbocycles. The monoisotopic (exact) mass is 341 g/mol. The first kappa shape index (κ1) is 16.8. The van der Waals surface area contributed by atoms with Gasteiger partial charge in [-0.25, -0.2) is 8.42 Å². The second-order valence-electron chi connectivity index (χ2n) is 4.49. The molecule has 0 bridgehead atoms. The molecule has 0 saturated carbocycles. The molecule has 0 aliphatic heterocycles. The van der Waals surface area contributed by atoms with Crippen LogP contribution < -0.4 is 4.74 Å². The van der Waals surface area contributed by atoms with Crippen LogP contribution in [0.4, 0.5) is 13.2 Å². The highest BCUT2D eigenvalue weighted by molar-refractivity contribution is 7.91. The molecule has 0 atom stereocenters. The highest BCUT2D eigenvalue weighted by atomic mass is 32.2. The Morgan fingerprint density at radius 2 is 1.74 bits per heavy atom. The van der Waals surface area contributed by atoms with E-state index in [0.717, 1.165) is 18.2 Å². The Morgan fingerprint density at radius 1 is 1.09 bits per heavy atom. The van der Waals surface area contributed by atoms with Gasteiger partial charge in [0.05, 0.1) is 15.4 Å². The van der Waals surface area contributed by atoms with Crippen LogP contribution in [0.15, 0.2) is 58.3 Å². The molecule has 0 aliphatic rings. The largest absolute Gasteiger partial charge is 0.484 e. The number of hydrogen-bond donors (Lipinski definition) is 0. The number of alkyl halides is 3. The van der Waals surface area contributed by atoms with E-state index in [9.17, 15) is 21.6 Å². The second-order valence-corrected chi connectivity index (χ2v) is 6.41. The number of nitriles is 1. The molecule has 0 aromatic heterocycles. The van der Waals surface area contributed by atoms with Crippen LogP contribution >= 0.6 is 0 Å². The van der Waals surface area contributed by atoms with E-state index in [1.165, 1.54) is 24.3 Å². The van der Waals surface area contributed by atoms with Crippen molar-refractivity contribution in [2.24, 2.45) is 0 Å². The van der Waals surface area contributed by atoms with Gasteiger partial charge in [0.25, 0.3) is 0 Å². The summed E-state index contributed by atoms with van der Waals surface area (Å²) in [5.41, 5.74) is -0.173. The third-order valence-corrected chi connectivity index (χ3v) is 4.63. The molecule has 0 aliphatic carbocycles. The Balaban J connectivity index is 2.47. The maximum Gasteiger partial charge on any atom is 0.422 e. The van der Waals surface area contributed by atoms with Crippen LogP contribution in [0.2, 0.25) is 0 Å². The number of hydrogen-bond acceptors (Lipinski definition) is 4. The smallest absolute Gasteiger partial charge is 0.422 e. The predicted octanol–water partition coefficient (Wildman–Crippen LogP) is 3.33. The summed E-state index contributed by atoms with van der Waals surface area (Å²) >= 11 is 0. The van der Waals surface area contributed by atoms with E-state index in [4.69, 9.17) is 5.26 Å². The molecular weight excluding hydrogens is 331 g/mol. The topological polar surface area (TPSA) is 67.2 Å². The molecule has 23 heavy (non-hydrogen) atoms. The Bertz CT molecular complexity index is 841. The first-order valence-corrected chi connectivity index (χ1v) is 7.76. The lowest BCUT2D eigenvalue weighted by molar-refractivity contribution is -0.153. The van der Waals surface area contributed by atoms with Crippen molar-refractivity contribution in [2.45, 2.75) is 16.0 Å². The average molecular weight is 341 g/mol. The number of nitrogens with zero attached hydrogens (tertiary/aromatic N) is 1. The van der Waals surface area contributed by atoms with Crippen molar-refractivity contribution in [3.8, 4) is 11.8 Å². The highest BCUT2D eigenvalue weighted by Crippen LogP contribution is 2.28. The molecule has 0 fully saturated rings. The van der Waals surface area contributed by atoms with E-state index in [-0.39, 0.29) is 16.2 Å². The molecule has 4 nitrogen and oxygen atoms in total. The van der Waals surface area contributed by atoms with Crippen molar-refractivity contribution in [3.05, 3.63) is 54.1 Å². The van der Waals surface area contributed by atoms with E-state index >= 15 is 0 Å². The van der Waals surface area contributed by atoms with Gasteiger partial charge in [0.1, 0.15) is 11.8 Å². The maximum atomic E-state index is 12.5. The minimum Gasteiger partial charge on any atom is -0.484 e. The third-order valence-electron chi connectivity index (χ3n) is 2.82. The van der Waals surface area contributed by atoms with Crippen molar-refractivity contribution in [1.82, 2.24) is 0 Å². The second kappa shape index (κ2) is 6.30. The third kappa shape index (κ3) is 4.02. The molecule has 8 heteroatoms. The fraction of sp³-hybridized carbons (Fsp3) is 0.133. The quantitative estimate of drug-likeness (QED) is 0.855. The maximum absolute atomic E-state index is 12.5. The van der Waals surface area contributed by atoms with E-state index in [1.807, 2.05) is 0 Å². The molecule has 0 radical (unpaired) electrons. The van der Waals surface area contributed by atoms with Crippen molar-refractivity contribution < 1.29 is 26.3 Å². The van der Waals surface area contributed by atoms with E-state index in [1.54, 1.807) is 12.1 Å². The Hall–Kier alpha value is -2.53. The van der Waals surface area contributed by atoms with Crippen LogP contribution in [-0.2, 0) is 9.84 Å². The Morgan fingerprint density at radius 3 is 2.30 bits per heavy atom. The van der Waals surface area contributed by atoms with E-state index < -0.39 is 27.5 Å². The molecule has 2 rings (SSSR count). The average Bonchev–Trinajstić information content (AvgIpc) is 2.53. The lowest BCUT2D eigenvalue weighted by atomic mass is 10.2. The highest BCUT2D eigenvalue weighted by Gasteiger charge is 2.29. The van der Waals surface area contributed by atoms with Gasteiger partial charge in [-0.15, -0.1) is 0 Å². The number of halogens is 3. The van der Waals surface area contributed by atoms with Crippen molar-refractivity contribution in [1.29, 1.82) is 5.26 Å². The summed E-state index contributed by atoms with van der Waals surface area (Å²) in [5, 5.41) is 9.04. The van der Waals surface area contributed by atoms with Gasteiger partial charge in [-0.3, -0.25) is 0 Å². The van der Waals surface area contributed by atoms with Crippen LogP contribution in [0.3, 0.4) is 0 Å². The van der Waals surface area contributed by atoms with E-state index in [0.29, 0.717) is 0 Å². The summed E-state index contributed by atoms with van der Waals surface area (Å²) < 4.78 is 66.2. The zero-order valence-corrected chi connectivity index (χ0v) is 12.4. The molecule has 0 amide bonds. The zero-order valence-electron chi connectivity index (χ0n) is 11.5. The number of benzene rings is 2. The Kier molecular flexibility index (Phi) is 4.61. The standard InChI is InChI=1S/C15H10F3NO3S/c16-15(17,18)10-22-12-7-6-11(9-19)14(8-12)23(20,21)13-4-2-1-3-5-13/h1-8H,10H2. The fourth-order valence-electron chi connectivity index (χ4n) is 1.80. The summed E-state index contributed by atoms with van der Waals surface area (Å²) in [6, 6.07) is 12.2. The Labute approximate surface area is 130 Å². The van der Waals surface area contributed by atoms with Crippen LogP contribution in [0.25, 0.3) is 0 Å². The molecule has 0 heterocycles. The van der Waals surface area contributed by atoms with E-state index in [2.05, 4.69) is 4.74 Å². The zero-order chi connectivity index (χ0) is 17.1. The normalized spacial score (nSPS) is 11.7. The summed E-state index contributed by atoms with van der Waals surface area (Å²) in [6.45, 7) is -1.55. The van der Waals surface area contributed by atoms with Crippen molar-refractivity contribution in [3.63, 3.8) is 0 Å². The van der Waals surface area contributed by atoms with Crippen molar-refractivity contribution in [2.75, 3.05) is 6.61 Å². The van der Waals surface area contributed by atoms with Crippen LogP contribution in [0, 0.1) is 11.3 Å². The summed E-state index contributed by atoms with van der Waals surface area (Å²) in [5.74, 6) is -0.282. The number of rotatable bonds is 4. The number of ether oxygens (including phenoxy) is 1. The SMILES string of the molecule is N#Cc1ccc(OCC(F)(F)F)cc1S(=O)(=O)c1ccccc1. The van der Waals surface area contributed by atoms with Crippen LogP contribution in [-0.4, -0.2) is 21.2 Å². The van der Waals surface area contributed by atoms with Gasteiger partial charge in [-0.2, -0.15) is 18.4 Å². The van der Waals surface area contributed by atoms with Crippen molar-refractivity contribution >= 4 is 9.84 Å². The minimum absolute atomic E-state index is 0.0653. The molecular formula is C15H10F3NO3S. The van der Waals surface area contributed by atoms with Gasteiger partial charge in [-0.05, 0) is 24.3 Å². The van der Waals surface area contributed by atoms with Crippen LogP contribution in [0.1, 0.15) is 5.56 Å². The van der Waals surface area contributed by atoms with Crippen LogP contribution in [0.5, 0.6) is 5.75 Å². The van der Waals surface area contributed by atoms with Gasteiger partial charge in [0.15, 0.2) is 6.61 Å².